The Morgan fingerprint density at radius 3 is 2.64 bits per heavy atom. The van der Waals surface area contributed by atoms with E-state index in [1.165, 1.54) is 16.2 Å². The van der Waals surface area contributed by atoms with E-state index in [0.29, 0.717) is 12.0 Å². The predicted octanol–water partition coefficient (Wildman–Crippen LogP) is 5.12. The third-order valence-corrected chi connectivity index (χ3v) is 4.66. The Morgan fingerprint density at radius 2 is 1.82 bits per heavy atom. The minimum absolute atomic E-state index is 0.0503. The average molecular weight is 288 g/mol. The number of aliphatic hydroxyl groups excluding tert-OH is 1. The van der Waals surface area contributed by atoms with Crippen LogP contribution in [0.25, 0.3) is 21.5 Å². The molecule has 0 amide bonds. The van der Waals surface area contributed by atoms with E-state index in [-0.39, 0.29) is 11.7 Å². The SMILES string of the molecule is C[C@H]1C/C(=C\O)C(=O)c2cc3ccc4ccccc4c3cc21. The maximum atomic E-state index is 12.5. The van der Waals surface area contributed by atoms with Crippen molar-refractivity contribution in [1.29, 1.82) is 0 Å². The van der Waals surface area contributed by atoms with Crippen molar-refractivity contribution in [2.75, 3.05) is 0 Å². The number of allylic oxidation sites excluding steroid dienone is 1. The fraction of sp³-hybridized carbons (Fsp3) is 0.150. The Kier molecular flexibility index (Phi) is 2.80. The van der Waals surface area contributed by atoms with Gasteiger partial charge in [-0.3, -0.25) is 4.79 Å². The molecule has 1 N–H and O–H groups in total. The molecular formula is C20H16O2. The number of Topliss-reactive ketones (excluding diaryl/α,β-unsaturated/α-hetero) is 1. The lowest BCUT2D eigenvalue weighted by Crippen LogP contribution is -2.17. The van der Waals surface area contributed by atoms with Crippen molar-refractivity contribution < 1.29 is 9.90 Å². The van der Waals surface area contributed by atoms with Crippen LogP contribution in [-0.2, 0) is 0 Å². The Bertz CT molecular complexity index is 950. The number of fused-ring (bicyclic) bond motifs is 4. The van der Waals surface area contributed by atoms with Crippen molar-refractivity contribution in [3.8, 4) is 0 Å². The van der Waals surface area contributed by atoms with Crippen molar-refractivity contribution in [1.82, 2.24) is 0 Å². The van der Waals surface area contributed by atoms with E-state index in [1.807, 2.05) is 18.2 Å². The van der Waals surface area contributed by atoms with Crippen molar-refractivity contribution >= 4 is 27.3 Å². The number of carbonyl (C=O) groups is 1. The lowest BCUT2D eigenvalue weighted by Gasteiger charge is -2.24. The van der Waals surface area contributed by atoms with E-state index in [4.69, 9.17) is 0 Å². The van der Waals surface area contributed by atoms with Gasteiger partial charge in [-0.25, -0.2) is 0 Å². The highest BCUT2D eigenvalue weighted by molar-refractivity contribution is 6.15. The Balaban J connectivity index is 2.08. The molecule has 0 saturated carbocycles. The number of rotatable bonds is 0. The molecule has 2 heteroatoms. The molecule has 1 aliphatic rings. The summed E-state index contributed by atoms with van der Waals surface area (Å²) in [6.45, 7) is 2.10. The molecule has 0 unspecified atom stereocenters. The van der Waals surface area contributed by atoms with Gasteiger partial charge in [0, 0.05) is 11.1 Å². The van der Waals surface area contributed by atoms with Crippen molar-refractivity contribution in [2.45, 2.75) is 19.3 Å². The van der Waals surface area contributed by atoms with Gasteiger partial charge in [0.2, 0.25) is 0 Å². The van der Waals surface area contributed by atoms with Gasteiger partial charge >= 0.3 is 0 Å². The fourth-order valence-corrected chi connectivity index (χ4v) is 3.49. The van der Waals surface area contributed by atoms with Gasteiger partial charge in [0.15, 0.2) is 5.78 Å². The van der Waals surface area contributed by atoms with Gasteiger partial charge in [0.1, 0.15) is 0 Å². The molecule has 108 valence electrons. The molecule has 22 heavy (non-hydrogen) atoms. The molecule has 0 fully saturated rings. The number of carbonyl (C=O) groups excluding carboxylic acids is 1. The molecule has 4 rings (SSSR count). The number of hydrogen-bond acceptors (Lipinski definition) is 2. The largest absolute Gasteiger partial charge is 0.515 e. The summed E-state index contributed by atoms with van der Waals surface area (Å²) in [6.07, 6.45) is 1.56. The monoisotopic (exact) mass is 288 g/mol. The number of benzene rings is 3. The molecule has 3 aromatic carbocycles. The zero-order chi connectivity index (χ0) is 15.3. The second kappa shape index (κ2) is 4.70. The summed E-state index contributed by atoms with van der Waals surface area (Å²) < 4.78 is 0. The van der Waals surface area contributed by atoms with Crippen molar-refractivity contribution in [2.24, 2.45) is 0 Å². The van der Waals surface area contributed by atoms with Crippen LogP contribution in [0.5, 0.6) is 0 Å². The van der Waals surface area contributed by atoms with E-state index in [1.54, 1.807) is 0 Å². The first-order valence-corrected chi connectivity index (χ1v) is 7.52. The van der Waals surface area contributed by atoms with E-state index < -0.39 is 0 Å². The predicted molar refractivity (Wildman–Crippen MR) is 89.5 cm³/mol. The highest BCUT2D eigenvalue weighted by Crippen LogP contribution is 2.38. The standard InChI is InChI=1S/C20H16O2/c1-12-8-15(11-21)20(22)19-9-14-7-6-13-4-2-3-5-16(13)18(14)10-17(12)19/h2-7,9-12,21H,8H2,1H3/b15-11+/t12-/m0/s1. The molecule has 1 aliphatic carbocycles. The van der Waals surface area contributed by atoms with Crippen LogP contribution in [0.4, 0.5) is 0 Å². The molecular weight excluding hydrogens is 272 g/mol. The summed E-state index contributed by atoms with van der Waals surface area (Å²) >= 11 is 0. The number of hydrogen-bond donors (Lipinski definition) is 1. The first kappa shape index (κ1) is 13.1. The van der Waals surface area contributed by atoms with Gasteiger partial charge in [-0.2, -0.15) is 0 Å². The van der Waals surface area contributed by atoms with Crippen LogP contribution < -0.4 is 0 Å². The Morgan fingerprint density at radius 1 is 1.05 bits per heavy atom. The summed E-state index contributed by atoms with van der Waals surface area (Å²) in [6, 6.07) is 16.6. The van der Waals surface area contributed by atoms with Crippen LogP contribution in [0.1, 0.15) is 35.2 Å². The molecule has 0 aliphatic heterocycles. The van der Waals surface area contributed by atoms with Gasteiger partial charge in [0.25, 0.3) is 0 Å². The molecule has 0 bridgehead atoms. The second-order valence-corrected chi connectivity index (χ2v) is 6.04. The molecule has 0 heterocycles. The summed E-state index contributed by atoms with van der Waals surface area (Å²) in [4.78, 5) is 12.5. The number of ketones is 1. The van der Waals surface area contributed by atoms with E-state index in [0.717, 1.165) is 22.8 Å². The first-order chi connectivity index (χ1) is 10.7. The van der Waals surface area contributed by atoms with Crippen LogP contribution >= 0.6 is 0 Å². The molecule has 1 atom stereocenters. The smallest absolute Gasteiger partial charge is 0.192 e. The summed E-state index contributed by atoms with van der Waals surface area (Å²) in [5.41, 5.74) is 2.31. The maximum Gasteiger partial charge on any atom is 0.192 e. The Hall–Kier alpha value is -2.61. The zero-order valence-electron chi connectivity index (χ0n) is 12.3. The van der Waals surface area contributed by atoms with Gasteiger partial charge in [-0.05, 0) is 51.6 Å². The lowest BCUT2D eigenvalue weighted by molar-refractivity contribution is 0.102. The minimum atomic E-state index is -0.0503. The summed E-state index contributed by atoms with van der Waals surface area (Å²) in [7, 11) is 0. The van der Waals surface area contributed by atoms with Gasteiger partial charge in [0.05, 0.1) is 6.26 Å². The molecule has 3 aromatic rings. The van der Waals surface area contributed by atoms with E-state index in [9.17, 15) is 9.90 Å². The highest BCUT2D eigenvalue weighted by Gasteiger charge is 2.27. The van der Waals surface area contributed by atoms with Crippen molar-refractivity contribution in [3.05, 3.63) is 71.5 Å². The quantitative estimate of drug-likeness (QED) is 0.354. The topological polar surface area (TPSA) is 37.3 Å². The number of aliphatic hydroxyl groups is 1. The van der Waals surface area contributed by atoms with E-state index >= 15 is 0 Å². The average Bonchev–Trinajstić information content (AvgIpc) is 2.56. The molecule has 0 saturated heterocycles. The molecule has 2 nitrogen and oxygen atoms in total. The van der Waals surface area contributed by atoms with Crippen LogP contribution in [0.15, 0.2) is 60.4 Å². The van der Waals surface area contributed by atoms with Gasteiger partial charge in [-0.15, -0.1) is 0 Å². The van der Waals surface area contributed by atoms with Crippen molar-refractivity contribution in [3.63, 3.8) is 0 Å². The van der Waals surface area contributed by atoms with Crippen LogP contribution in [-0.4, -0.2) is 10.9 Å². The molecule has 0 spiro atoms. The summed E-state index contributed by atoms with van der Waals surface area (Å²) in [5.74, 6) is 0.181. The summed E-state index contributed by atoms with van der Waals surface area (Å²) in [5, 5.41) is 14.0. The molecule has 0 aromatic heterocycles. The first-order valence-electron chi connectivity index (χ1n) is 7.52. The lowest BCUT2D eigenvalue weighted by atomic mass is 9.79. The normalized spacial score (nSPS) is 19.8. The van der Waals surface area contributed by atoms with Gasteiger partial charge in [-0.1, -0.05) is 43.3 Å². The van der Waals surface area contributed by atoms with Crippen LogP contribution in [0.3, 0.4) is 0 Å². The van der Waals surface area contributed by atoms with Gasteiger partial charge < -0.3 is 5.11 Å². The second-order valence-electron chi connectivity index (χ2n) is 6.04. The third kappa shape index (κ3) is 1.77. The highest BCUT2D eigenvalue weighted by atomic mass is 16.2. The zero-order valence-corrected chi connectivity index (χ0v) is 12.3. The Labute approximate surface area is 128 Å². The maximum absolute atomic E-state index is 12.5. The minimum Gasteiger partial charge on any atom is -0.515 e. The fourth-order valence-electron chi connectivity index (χ4n) is 3.49. The molecule has 0 radical (unpaired) electrons. The van der Waals surface area contributed by atoms with Crippen LogP contribution in [0, 0.1) is 0 Å². The third-order valence-electron chi connectivity index (χ3n) is 4.66. The van der Waals surface area contributed by atoms with Crippen LogP contribution in [0.2, 0.25) is 0 Å². The van der Waals surface area contributed by atoms with E-state index in [2.05, 4.69) is 37.3 Å².